The molecule has 0 amide bonds. The Morgan fingerprint density at radius 1 is 1.28 bits per heavy atom. The van der Waals surface area contributed by atoms with Gasteiger partial charge in [0, 0.05) is 23.3 Å². The number of carbonyl (C=O) groups is 1. The van der Waals surface area contributed by atoms with Crippen molar-refractivity contribution in [3.05, 3.63) is 30.3 Å². The maximum atomic E-state index is 11.4. The van der Waals surface area contributed by atoms with Crippen molar-refractivity contribution in [1.82, 2.24) is 0 Å². The van der Waals surface area contributed by atoms with Gasteiger partial charge in [-0.05, 0) is 0 Å². The van der Waals surface area contributed by atoms with Gasteiger partial charge in [0.25, 0.3) is 0 Å². The van der Waals surface area contributed by atoms with E-state index in [9.17, 15) is 9.90 Å². The molecule has 0 aromatic heterocycles. The Hall–Kier alpha value is -2.23. The SMILES string of the molecule is CCC(=O)Oc1c(OC)cc(O)c2ccccc12. The van der Waals surface area contributed by atoms with Crippen molar-refractivity contribution in [1.29, 1.82) is 0 Å². The molecule has 0 saturated carbocycles. The molecule has 94 valence electrons. The van der Waals surface area contributed by atoms with Crippen LogP contribution in [0.1, 0.15) is 13.3 Å². The minimum absolute atomic E-state index is 0.0961. The first kappa shape index (κ1) is 12.2. The zero-order valence-electron chi connectivity index (χ0n) is 10.3. The molecule has 0 aliphatic rings. The van der Waals surface area contributed by atoms with Crippen molar-refractivity contribution in [3.63, 3.8) is 0 Å². The molecule has 0 saturated heterocycles. The zero-order valence-corrected chi connectivity index (χ0v) is 10.3. The Balaban J connectivity index is 2.67. The number of aromatic hydroxyl groups is 1. The number of phenolic OH excluding ortho intramolecular Hbond substituents is 1. The van der Waals surface area contributed by atoms with Gasteiger partial charge in [-0.3, -0.25) is 4.79 Å². The van der Waals surface area contributed by atoms with Gasteiger partial charge in [0.05, 0.1) is 7.11 Å². The Morgan fingerprint density at radius 3 is 2.56 bits per heavy atom. The molecule has 0 heterocycles. The first-order chi connectivity index (χ1) is 8.67. The molecule has 4 heteroatoms. The highest BCUT2D eigenvalue weighted by molar-refractivity contribution is 5.96. The van der Waals surface area contributed by atoms with E-state index in [-0.39, 0.29) is 18.1 Å². The average Bonchev–Trinajstić information content (AvgIpc) is 2.41. The van der Waals surface area contributed by atoms with E-state index in [0.29, 0.717) is 22.3 Å². The minimum Gasteiger partial charge on any atom is -0.507 e. The molecule has 2 aromatic carbocycles. The van der Waals surface area contributed by atoms with Gasteiger partial charge in [-0.2, -0.15) is 0 Å². The summed E-state index contributed by atoms with van der Waals surface area (Å²) >= 11 is 0. The lowest BCUT2D eigenvalue weighted by Crippen LogP contribution is -2.07. The van der Waals surface area contributed by atoms with Gasteiger partial charge >= 0.3 is 5.97 Å². The summed E-state index contributed by atoms with van der Waals surface area (Å²) in [4.78, 5) is 11.4. The number of hydrogen-bond donors (Lipinski definition) is 1. The first-order valence-electron chi connectivity index (χ1n) is 5.66. The fourth-order valence-electron chi connectivity index (χ4n) is 1.75. The van der Waals surface area contributed by atoms with Crippen LogP contribution in [0.25, 0.3) is 10.8 Å². The number of benzene rings is 2. The maximum absolute atomic E-state index is 11.4. The largest absolute Gasteiger partial charge is 0.507 e. The van der Waals surface area contributed by atoms with E-state index < -0.39 is 0 Å². The number of methoxy groups -OCH3 is 1. The molecule has 0 aliphatic carbocycles. The van der Waals surface area contributed by atoms with Crippen LogP contribution in [0.5, 0.6) is 17.2 Å². The molecule has 18 heavy (non-hydrogen) atoms. The summed E-state index contributed by atoms with van der Waals surface area (Å²) < 4.78 is 10.4. The second-order valence-electron chi connectivity index (χ2n) is 3.80. The van der Waals surface area contributed by atoms with Crippen molar-refractivity contribution in [3.8, 4) is 17.2 Å². The standard InChI is InChI=1S/C14H14O4/c1-3-13(16)18-14-10-7-5-4-6-9(10)11(15)8-12(14)17-2/h4-8,15H,3H2,1-2H3. The topological polar surface area (TPSA) is 55.8 Å². The zero-order chi connectivity index (χ0) is 13.1. The highest BCUT2D eigenvalue weighted by atomic mass is 16.6. The van der Waals surface area contributed by atoms with E-state index in [1.807, 2.05) is 6.07 Å². The van der Waals surface area contributed by atoms with Gasteiger partial charge in [0.2, 0.25) is 0 Å². The minimum atomic E-state index is -0.343. The predicted octanol–water partition coefficient (Wildman–Crippen LogP) is 2.87. The summed E-state index contributed by atoms with van der Waals surface area (Å²) in [5, 5.41) is 11.2. The van der Waals surface area contributed by atoms with Gasteiger partial charge in [-0.25, -0.2) is 0 Å². The monoisotopic (exact) mass is 246 g/mol. The molecule has 0 atom stereocenters. The smallest absolute Gasteiger partial charge is 0.311 e. The van der Waals surface area contributed by atoms with E-state index in [0.717, 1.165) is 0 Å². The summed E-state index contributed by atoms with van der Waals surface area (Å²) in [5.41, 5.74) is 0. The number of phenols is 1. The molecule has 2 rings (SSSR count). The van der Waals surface area contributed by atoms with Gasteiger partial charge in [0.1, 0.15) is 5.75 Å². The van der Waals surface area contributed by atoms with E-state index in [4.69, 9.17) is 9.47 Å². The summed E-state index contributed by atoms with van der Waals surface area (Å²) in [5.74, 6) is 0.439. The number of fused-ring (bicyclic) bond motifs is 1. The molecular formula is C14H14O4. The third-order valence-electron chi connectivity index (χ3n) is 2.66. The summed E-state index contributed by atoms with van der Waals surface area (Å²) in [6, 6.07) is 8.59. The molecule has 0 aliphatic heterocycles. The van der Waals surface area contributed by atoms with Crippen LogP contribution in [-0.2, 0) is 4.79 Å². The molecule has 1 N–H and O–H groups in total. The number of carbonyl (C=O) groups excluding carboxylic acids is 1. The quantitative estimate of drug-likeness (QED) is 0.668. The van der Waals surface area contributed by atoms with Crippen LogP contribution in [-0.4, -0.2) is 18.2 Å². The number of ether oxygens (including phenoxy) is 2. The number of esters is 1. The Labute approximate surface area is 105 Å². The Morgan fingerprint density at radius 2 is 1.94 bits per heavy atom. The third kappa shape index (κ3) is 2.09. The number of hydrogen-bond acceptors (Lipinski definition) is 4. The molecule has 4 nitrogen and oxygen atoms in total. The molecule has 0 radical (unpaired) electrons. The van der Waals surface area contributed by atoms with E-state index >= 15 is 0 Å². The Kier molecular flexibility index (Phi) is 3.37. The summed E-state index contributed by atoms with van der Waals surface area (Å²) in [7, 11) is 1.47. The molecule has 0 unspecified atom stereocenters. The summed E-state index contributed by atoms with van der Waals surface area (Å²) in [6.07, 6.45) is 0.276. The van der Waals surface area contributed by atoms with E-state index in [1.165, 1.54) is 13.2 Å². The van der Waals surface area contributed by atoms with E-state index in [1.54, 1.807) is 25.1 Å². The van der Waals surface area contributed by atoms with Crippen molar-refractivity contribution in [2.45, 2.75) is 13.3 Å². The average molecular weight is 246 g/mol. The van der Waals surface area contributed by atoms with Gasteiger partial charge in [0.15, 0.2) is 11.5 Å². The fourth-order valence-corrected chi connectivity index (χ4v) is 1.75. The van der Waals surface area contributed by atoms with Crippen molar-refractivity contribution in [2.24, 2.45) is 0 Å². The molecule has 0 bridgehead atoms. The maximum Gasteiger partial charge on any atom is 0.311 e. The van der Waals surface area contributed by atoms with Crippen molar-refractivity contribution < 1.29 is 19.4 Å². The normalized spacial score (nSPS) is 10.3. The van der Waals surface area contributed by atoms with Gasteiger partial charge in [-0.1, -0.05) is 31.2 Å². The highest BCUT2D eigenvalue weighted by Gasteiger charge is 2.15. The lowest BCUT2D eigenvalue weighted by atomic mass is 10.1. The van der Waals surface area contributed by atoms with Crippen LogP contribution >= 0.6 is 0 Å². The first-order valence-corrected chi connectivity index (χ1v) is 5.66. The highest BCUT2D eigenvalue weighted by Crippen LogP contribution is 2.40. The van der Waals surface area contributed by atoms with Crippen LogP contribution in [0, 0.1) is 0 Å². The lowest BCUT2D eigenvalue weighted by molar-refractivity contribution is -0.134. The van der Waals surface area contributed by atoms with Crippen molar-refractivity contribution >= 4 is 16.7 Å². The molecule has 0 fully saturated rings. The second kappa shape index (κ2) is 4.96. The van der Waals surface area contributed by atoms with Gasteiger partial charge in [-0.15, -0.1) is 0 Å². The van der Waals surface area contributed by atoms with Crippen LogP contribution in [0.3, 0.4) is 0 Å². The van der Waals surface area contributed by atoms with Gasteiger partial charge < -0.3 is 14.6 Å². The molecule has 0 spiro atoms. The Bertz CT molecular complexity index is 590. The van der Waals surface area contributed by atoms with Crippen LogP contribution < -0.4 is 9.47 Å². The summed E-state index contributed by atoms with van der Waals surface area (Å²) in [6.45, 7) is 1.72. The lowest BCUT2D eigenvalue weighted by Gasteiger charge is -2.12. The van der Waals surface area contributed by atoms with Crippen LogP contribution in [0.4, 0.5) is 0 Å². The molecular weight excluding hydrogens is 232 g/mol. The van der Waals surface area contributed by atoms with Crippen molar-refractivity contribution in [2.75, 3.05) is 7.11 Å². The van der Waals surface area contributed by atoms with Crippen LogP contribution in [0.2, 0.25) is 0 Å². The third-order valence-corrected chi connectivity index (χ3v) is 2.66. The fraction of sp³-hybridized carbons (Fsp3) is 0.214. The van der Waals surface area contributed by atoms with E-state index in [2.05, 4.69) is 0 Å². The molecule has 2 aromatic rings. The predicted molar refractivity (Wildman–Crippen MR) is 68.1 cm³/mol. The number of rotatable bonds is 3. The van der Waals surface area contributed by atoms with Crippen LogP contribution in [0.15, 0.2) is 30.3 Å². The second-order valence-corrected chi connectivity index (χ2v) is 3.80.